The molecule has 0 aliphatic carbocycles. The van der Waals surface area contributed by atoms with Crippen molar-refractivity contribution in [2.24, 2.45) is 11.3 Å². The van der Waals surface area contributed by atoms with Gasteiger partial charge in [-0.3, -0.25) is 9.59 Å². The highest BCUT2D eigenvalue weighted by atomic mass is 16.4. The van der Waals surface area contributed by atoms with Gasteiger partial charge in [-0.2, -0.15) is 0 Å². The molecule has 1 saturated heterocycles. The van der Waals surface area contributed by atoms with Crippen molar-refractivity contribution in [3.8, 4) is 0 Å². The maximum atomic E-state index is 12.0. The van der Waals surface area contributed by atoms with Crippen molar-refractivity contribution in [3.63, 3.8) is 0 Å². The van der Waals surface area contributed by atoms with E-state index in [0.717, 1.165) is 19.5 Å². The van der Waals surface area contributed by atoms with Gasteiger partial charge >= 0.3 is 5.97 Å². The molecule has 5 heteroatoms. The van der Waals surface area contributed by atoms with Gasteiger partial charge in [-0.25, -0.2) is 0 Å². The van der Waals surface area contributed by atoms with E-state index in [0.29, 0.717) is 12.3 Å². The van der Waals surface area contributed by atoms with Crippen molar-refractivity contribution in [1.82, 2.24) is 10.6 Å². The summed E-state index contributed by atoms with van der Waals surface area (Å²) in [5, 5.41) is 15.2. The van der Waals surface area contributed by atoms with E-state index in [2.05, 4.69) is 10.6 Å². The molecule has 0 aromatic carbocycles. The molecule has 1 aliphatic rings. The van der Waals surface area contributed by atoms with E-state index in [1.807, 2.05) is 20.8 Å². The van der Waals surface area contributed by atoms with Gasteiger partial charge in [0.15, 0.2) is 0 Å². The van der Waals surface area contributed by atoms with Crippen LogP contribution in [0.4, 0.5) is 0 Å². The molecule has 116 valence electrons. The van der Waals surface area contributed by atoms with Gasteiger partial charge in [-0.05, 0) is 43.7 Å². The second-order valence-electron chi connectivity index (χ2n) is 6.84. The largest absolute Gasteiger partial charge is 0.481 e. The van der Waals surface area contributed by atoms with Crippen LogP contribution in [-0.2, 0) is 9.59 Å². The quantitative estimate of drug-likeness (QED) is 0.694. The monoisotopic (exact) mass is 284 g/mol. The van der Waals surface area contributed by atoms with Crippen molar-refractivity contribution in [2.45, 2.75) is 58.9 Å². The van der Waals surface area contributed by atoms with Crippen molar-refractivity contribution < 1.29 is 14.7 Å². The number of hydrogen-bond acceptors (Lipinski definition) is 3. The summed E-state index contributed by atoms with van der Waals surface area (Å²) in [7, 11) is 0. The van der Waals surface area contributed by atoms with Crippen molar-refractivity contribution in [2.75, 3.05) is 13.1 Å². The number of amides is 1. The number of aliphatic carboxylic acids is 1. The molecule has 5 nitrogen and oxygen atoms in total. The van der Waals surface area contributed by atoms with Crippen molar-refractivity contribution >= 4 is 11.9 Å². The van der Waals surface area contributed by atoms with Gasteiger partial charge in [0.1, 0.15) is 0 Å². The fraction of sp³-hybridized carbons (Fsp3) is 0.867. The average molecular weight is 284 g/mol. The van der Waals surface area contributed by atoms with Crippen LogP contribution >= 0.6 is 0 Å². The van der Waals surface area contributed by atoms with E-state index in [4.69, 9.17) is 5.11 Å². The minimum atomic E-state index is -0.873. The maximum absolute atomic E-state index is 12.0. The van der Waals surface area contributed by atoms with Crippen LogP contribution in [0, 0.1) is 11.3 Å². The van der Waals surface area contributed by atoms with E-state index in [1.165, 1.54) is 12.8 Å². The number of piperidine rings is 1. The molecule has 3 N–H and O–H groups in total. The zero-order chi connectivity index (χ0) is 15.2. The highest BCUT2D eigenvalue weighted by molar-refractivity contribution is 5.77. The Bertz CT molecular complexity index is 331. The van der Waals surface area contributed by atoms with E-state index >= 15 is 0 Å². The smallest absolute Gasteiger partial charge is 0.305 e. The number of rotatable bonds is 6. The Morgan fingerprint density at radius 3 is 2.60 bits per heavy atom. The summed E-state index contributed by atoms with van der Waals surface area (Å²) in [5.41, 5.74) is -0.250. The Balaban J connectivity index is 2.39. The fourth-order valence-corrected chi connectivity index (χ4v) is 2.52. The molecule has 1 aliphatic heterocycles. The summed E-state index contributed by atoms with van der Waals surface area (Å²) in [5.74, 6) is -0.333. The number of carbonyl (C=O) groups is 2. The standard InChI is InChI=1S/C15H28N2O3/c1-15(2,3)12(9-14(19)20)17-13(18)7-6-11-5-4-8-16-10-11/h11-12,16H,4-10H2,1-3H3,(H,17,18)(H,19,20). The van der Waals surface area contributed by atoms with Gasteiger partial charge in [0, 0.05) is 12.5 Å². The van der Waals surface area contributed by atoms with Crippen molar-refractivity contribution in [1.29, 1.82) is 0 Å². The Morgan fingerprint density at radius 2 is 2.10 bits per heavy atom. The first-order valence-corrected chi connectivity index (χ1v) is 7.51. The van der Waals surface area contributed by atoms with Gasteiger partial charge < -0.3 is 15.7 Å². The molecule has 0 bridgehead atoms. The zero-order valence-electron chi connectivity index (χ0n) is 12.9. The summed E-state index contributed by atoms with van der Waals surface area (Å²) >= 11 is 0. The molecule has 1 fully saturated rings. The summed E-state index contributed by atoms with van der Waals surface area (Å²) in [6.07, 6.45) is 3.69. The predicted molar refractivity (Wildman–Crippen MR) is 78.5 cm³/mol. The third-order valence-corrected chi connectivity index (χ3v) is 3.94. The molecule has 0 aromatic rings. The van der Waals surface area contributed by atoms with E-state index in [-0.39, 0.29) is 23.8 Å². The van der Waals surface area contributed by atoms with E-state index in [9.17, 15) is 9.59 Å². The topological polar surface area (TPSA) is 78.4 Å². The van der Waals surface area contributed by atoms with Crippen LogP contribution in [-0.4, -0.2) is 36.1 Å². The Hall–Kier alpha value is -1.10. The van der Waals surface area contributed by atoms with Gasteiger partial charge in [-0.1, -0.05) is 20.8 Å². The normalized spacial score (nSPS) is 21.2. The van der Waals surface area contributed by atoms with E-state index < -0.39 is 5.97 Å². The van der Waals surface area contributed by atoms with Crippen molar-refractivity contribution in [3.05, 3.63) is 0 Å². The lowest BCUT2D eigenvalue weighted by Gasteiger charge is -2.30. The minimum absolute atomic E-state index is 0.0276. The fourth-order valence-electron chi connectivity index (χ4n) is 2.52. The molecule has 0 saturated carbocycles. The zero-order valence-corrected chi connectivity index (χ0v) is 12.9. The molecule has 0 radical (unpaired) electrons. The maximum Gasteiger partial charge on any atom is 0.305 e. The lowest BCUT2D eigenvalue weighted by atomic mass is 9.84. The number of hydrogen-bond donors (Lipinski definition) is 3. The lowest BCUT2D eigenvalue weighted by molar-refractivity contribution is -0.138. The first kappa shape index (κ1) is 17.0. The summed E-state index contributed by atoms with van der Waals surface area (Å²) in [6, 6.07) is -0.322. The molecular weight excluding hydrogens is 256 g/mol. The SMILES string of the molecule is CC(C)(C)C(CC(=O)O)NC(=O)CCC1CCCNC1. The highest BCUT2D eigenvalue weighted by Crippen LogP contribution is 2.22. The first-order chi connectivity index (χ1) is 9.29. The molecule has 2 atom stereocenters. The number of carboxylic acids is 1. The van der Waals surface area contributed by atoms with Crippen LogP contribution in [0.3, 0.4) is 0 Å². The van der Waals surface area contributed by atoms with Crippen LogP contribution < -0.4 is 10.6 Å². The van der Waals surface area contributed by atoms with Gasteiger partial charge in [0.05, 0.1) is 6.42 Å². The summed E-state index contributed by atoms with van der Waals surface area (Å²) < 4.78 is 0. The second kappa shape index (κ2) is 7.62. The summed E-state index contributed by atoms with van der Waals surface area (Å²) in [4.78, 5) is 22.9. The summed E-state index contributed by atoms with van der Waals surface area (Å²) in [6.45, 7) is 7.92. The molecular formula is C15H28N2O3. The molecule has 1 amide bonds. The lowest BCUT2D eigenvalue weighted by Crippen LogP contribution is -2.45. The van der Waals surface area contributed by atoms with E-state index in [1.54, 1.807) is 0 Å². The third kappa shape index (κ3) is 6.37. The minimum Gasteiger partial charge on any atom is -0.481 e. The Labute approximate surface area is 121 Å². The molecule has 0 aromatic heterocycles. The van der Waals surface area contributed by atoms with Crippen LogP contribution in [0.1, 0.15) is 52.9 Å². The molecule has 2 unspecified atom stereocenters. The first-order valence-electron chi connectivity index (χ1n) is 7.51. The van der Waals surface area contributed by atoms with Gasteiger partial charge in [0.2, 0.25) is 5.91 Å². The highest BCUT2D eigenvalue weighted by Gasteiger charge is 2.28. The van der Waals surface area contributed by atoms with Crippen LogP contribution in [0.2, 0.25) is 0 Å². The Kier molecular flexibility index (Phi) is 6.46. The van der Waals surface area contributed by atoms with Crippen LogP contribution in [0.25, 0.3) is 0 Å². The molecule has 1 rings (SSSR count). The molecule has 1 heterocycles. The number of carboxylic acid groups (broad SMARTS) is 1. The van der Waals surface area contributed by atoms with Gasteiger partial charge in [-0.15, -0.1) is 0 Å². The Morgan fingerprint density at radius 1 is 1.40 bits per heavy atom. The molecule has 20 heavy (non-hydrogen) atoms. The number of carbonyl (C=O) groups excluding carboxylic acids is 1. The average Bonchev–Trinajstić information content (AvgIpc) is 2.35. The molecule has 0 spiro atoms. The van der Waals surface area contributed by atoms with Gasteiger partial charge in [0.25, 0.3) is 0 Å². The van der Waals surface area contributed by atoms with Crippen LogP contribution in [0.15, 0.2) is 0 Å². The second-order valence-corrected chi connectivity index (χ2v) is 6.84. The predicted octanol–water partition coefficient (Wildman–Crippen LogP) is 1.77. The van der Waals surface area contributed by atoms with Crippen LogP contribution in [0.5, 0.6) is 0 Å². The third-order valence-electron chi connectivity index (χ3n) is 3.94. The number of nitrogens with one attached hydrogen (secondary N) is 2.